The first-order valence-electron chi connectivity index (χ1n) is 13.2. The first-order chi connectivity index (χ1) is 18.3. The van der Waals surface area contributed by atoms with Gasteiger partial charge in [0.05, 0.1) is 11.7 Å². The predicted molar refractivity (Wildman–Crippen MR) is 139 cm³/mol. The van der Waals surface area contributed by atoms with Gasteiger partial charge in [-0.2, -0.15) is 0 Å². The number of nitrogens with two attached hydrogens (primary N) is 1. The number of halogens is 3. The fourth-order valence-corrected chi connectivity index (χ4v) is 5.22. The van der Waals surface area contributed by atoms with Crippen molar-refractivity contribution in [2.75, 3.05) is 39.4 Å². The molecular weight excluding hydrogens is 497 g/mol. The van der Waals surface area contributed by atoms with Crippen LogP contribution in [-0.2, 0) is 11.3 Å². The van der Waals surface area contributed by atoms with Crippen LogP contribution in [0.5, 0.6) is 0 Å². The van der Waals surface area contributed by atoms with Gasteiger partial charge in [-0.3, -0.25) is 0 Å². The minimum atomic E-state index is -1.10. The van der Waals surface area contributed by atoms with E-state index in [4.69, 9.17) is 15.5 Å². The van der Waals surface area contributed by atoms with Crippen LogP contribution in [0.2, 0.25) is 0 Å². The third-order valence-corrected chi connectivity index (χ3v) is 7.32. The Hall–Kier alpha value is -2.89. The van der Waals surface area contributed by atoms with Gasteiger partial charge < -0.3 is 30.6 Å². The maximum absolute atomic E-state index is 14.8. The van der Waals surface area contributed by atoms with Gasteiger partial charge in [0.2, 0.25) is 0 Å². The van der Waals surface area contributed by atoms with Crippen molar-refractivity contribution in [1.29, 1.82) is 0 Å². The predicted octanol–water partition coefficient (Wildman–Crippen LogP) is 3.40. The molecule has 4 unspecified atom stereocenters. The molecule has 0 radical (unpaired) electrons. The van der Waals surface area contributed by atoms with Crippen molar-refractivity contribution in [2.45, 2.75) is 44.6 Å². The summed E-state index contributed by atoms with van der Waals surface area (Å²) in [5.41, 5.74) is 6.05. The Kier molecular flexibility index (Phi) is 9.45. The van der Waals surface area contributed by atoms with E-state index in [1.807, 2.05) is 0 Å². The molecular formula is C27H37F3N6O2. The summed E-state index contributed by atoms with van der Waals surface area (Å²) in [5, 5.41) is 6.00. The van der Waals surface area contributed by atoms with Gasteiger partial charge in [-0.1, -0.05) is 6.08 Å². The number of benzene rings is 1. The zero-order valence-corrected chi connectivity index (χ0v) is 21.7. The van der Waals surface area contributed by atoms with Crippen LogP contribution < -0.4 is 16.4 Å². The van der Waals surface area contributed by atoms with Gasteiger partial charge in [0, 0.05) is 69.7 Å². The number of urea groups is 1. The third kappa shape index (κ3) is 6.39. The lowest BCUT2D eigenvalue weighted by atomic mass is 9.89. The second-order valence-electron chi connectivity index (χ2n) is 10.1. The summed E-state index contributed by atoms with van der Waals surface area (Å²) >= 11 is 0. The molecule has 0 aliphatic carbocycles. The van der Waals surface area contributed by atoms with Crippen molar-refractivity contribution in [3.8, 4) is 11.3 Å². The SMILES string of the molecule is C=CCn1cc(-c2cc(F)ccc2F)nc1C(C1CCOCC1)N(CC1CNCC1F)C(=O)NC(C)CN. The van der Waals surface area contributed by atoms with Crippen molar-refractivity contribution in [3.63, 3.8) is 0 Å². The quantitative estimate of drug-likeness (QED) is 0.406. The molecule has 0 spiro atoms. The number of imidazole rings is 1. The highest BCUT2D eigenvalue weighted by atomic mass is 19.1. The first kappa shape index (κ1) is 28.1. The number of hydrogen-bond donors (Lipinski definition) is 3. The highest BCUT2D eigenvalue weighted by molar-refractivity contribution is 5.75. The fraction of sp³-hybridized carbons (Fsp3) is 0.556. The molecule has 2 aliphatic rings. The normalized spacial score (nSPS) is 21.7. The van der Waals surface area contributed by atoms with E-state index in [2.05, 4.69) is 17.2 Å². The van der Waals surface area contributed by atoms with Crippen molar-refractivity contribution in [1.82, 2.24) is 25.1 Å². The molecule has 2 aromatic rings. The highest BCUT2D eigenvalue weighted by Crippen LogP contribution is 2.37. The number of nitrogens with one attached hydrogen (secondary N) is 2. The van der Waals surface area contributed by atoms with Gasteiger partial charge in [-0.05, 0) is 43.9 Å². The van der Waals surface area contributed by atoms with Gasteiger partial charge in [0.15, 0.2) is 0 Å². The minimum Gasteiger partial charge on any atom is -0.381 e. The second kappa shape index (κ2) is 12.8. The lowest BCUT2D eigenvalue weighted by Crippen LogP contribution is -2.52. The molecule has 3 heterocycles. The van der Waals surface area contributed by atoms with Crippen LogP contribution in [0.1, 0.15) is 31.6 Å². The van der Waals surface area contributed by atoms with Crippen molar-refractivity contribution >= 4 is 6.03 Å². The summed E-state index contributed by atoms with van der Waals surface area (Å²) in [5.74, 6) is -1.13. The number of hydrogen-bond acceptors (Lipinski definition) is 5. The number of carbonyl (C=O) groups is 1. The van der Waals surface area contributed by atoms with Crippen molar-refractivity contribution in [2.24, 2.45) is 17.6 Å². The van der Waals surface area contributed by atoms with Crippen molar-refractivity contribution < 1.29 is 22.7 Å². The van der Waals surface area contributed by atoms with Crippen LogP contribution in [0.15, 0.2) is 37.1 Å². The Morgan fingerprint density at radius 1 is 1.37 bits per heavy atom. The van der Waals surface area contributed by atoms with E-state index in [1.165, 1.54) is 0 Å². The van der Waals surface area contributed by atoms with Crippen LogP contribution in [-0.4, -0.2) is 72.1 Å². The fourth-order valence-electron chi connectivity index (χ4n) is 5.22. The molecule has 4 atom stereocenters. The van der Waals surface area contributed by atoms with E-state index >= 15 is 0 Å². The molecule has 2 amide bonds. The molecule has 4 N–H and O–H groups in total. The van der Waals surface area contributed by atoms with E-state index < -0.39 is 29.8 Å². The lowest BCUT2D eigenvalue weighted by molar-refractivity contribution is 0.0256. The van der Waals surface area contributed by atoms with Gasteiger partial charge in [0.1, 0.15) is 23.6 Å². The van der Waals surface area contributed by atoms with E-state index in [0.717, 1.165) is 18.2 Å². The number of alkyl halides is 1. The zero-order valence-electron chi connectivity index (χ0n) is 21.7. The van der Waals surface area contributed by atoms with E-state index in [0.29, 0.717) is 45.0 Å². The van der Waals surface area contributed by atoms with Gasteiger partial charge in [-0.25, -0.2) is 22.9 Å². The minimum absolute atomic E-state index is 0.0244. The molecule has 0 bridgehead atoms. The molecule has 8 nitrogen and oxygen atoms in total. The Balaban J connectivity index is 1.82. The Labute approximate surface area is 221 Å². The molecule has 2 aliphatic heterocycles. The maximum Gasteiger partial charge on any atom is 0.318 e. The summed E-state index contributed by atoms with van der Waals surface area (Å²) in [4.78, 5) is 20.2. The third-order valence-electron chi connectivity index (χ3n) is 7.32. The molecule has 4 rings (SSSR count). The average molecular weight is 535 g/mol. The standard InChI is InChI=1S/C27H37F3N6O2/c1-3-8-35-16-24(21-11-20(28)4-5-22(21)29)34-26(35)25(18-6-9-38-10-7-18)36(27(37)33-17(2)12-31)15-19-13-32-14-23(19)30/h3-5,11,16-19,23,25,32H,1,6-10,12-15,31H2,2H3,(H,33,37). The number of allylic oxidation sites excluding steroid dienone is 1. The molecule has 0 saturated carbocycles. The number of ether oxygens (including phenoxy) is 1. The Bertz CT molecular complexity index is 1110. The van der Waals surface area contributed by atoms with Gasteiger partial charge in [-0.15, -0.1) is 6.58 Å². The topological polar surface area (TPSA) is 97.4 Å². The summed E-state index contributed by atoms with van der Waals surface area (Å²) in [6.07, 6.45) is 3.55. The number of nitrogens with zero attached hydrogens (tertiary/aromatic N) is 3. The van der Waals surface area contributed by atoms with E-state index in [9.17, 15) is 18.0 Å². The van der Waals surface area contributed by atoms with Gasteiger partial charge >= 0.3 is 6.03 Å². The summed E-state index contributed by atoms with van der Waals surface area (Å²) in [6.45, 7) is 8.08. The molecule has 2 saturated heterocycles. The van der Waals surface area contributed by atoms with Gasteiger partial charge in [0.25, 0.3) is 0 Å². The number of aromatic nitrogens is 2. The lowest BCUT2D eigenvalue weighted by Gasteiger charge is -2.40. The number of rotatable bonds is 10. The Morgan fingerprint density at radius 2 is 2.13 bits per heavy atom. The second-order valence-corrected chi connectivity index (χ2v) is 10.1. The largest absolute Gasteiger partial charge is 0.381 e. The molecule has 1 aromatic heterocycles. The van der Waals surface area contributed by atoms with Crippen molar-refractivity contribution in [3.05, 3.63) is 54.5 Å². The van der Waals surface area contributed by atoms with E-state index in [1.54, 1.807) is 28.7 Å². The summed E-state index contributed by atoms with van der Waals surface area (Å²) < 4.78 is 51.0. The van der Waals surface area contributed by atoms with Crippen LogP contribution in [0, 0.1) is 23.5 Å². The van der Waals surface area contributed by atoms with Crippen LogP contribution in [0.25, 0.3) is 11.3 Å². The molecule has 208 valence electrons. The zero-order chi connectivity index (χ0) is 27.2. The van der Waals surface area contributed by atoms with Crippen LogP contribution in [0.3, 0.4) is 0 Å². The average Bonchev–Trinajstić information content (AvgIpc) is 3.51. The number of amides is 2. The highest BCUT2D eigenvalue weighted by Gasteiger charge is 2.40. The van der Waals surface area contributed by atoms with Crippen LogP contribution >= 0.6 is 0 Å². The Morgan fingerprint density at radius 3 is 2.79 bits per heavy atom. The molecule has 38 heavy (non-hydrogen) atoms. The van der Waals surface area contributed by atoms with E-state index in [-0.39, 0.29) is 48.9 Å². The maximum atomic E-state index is 14.8. The molecule has 11 heteroatoms. The van der Waals surface area contributed by atoms with Crippen LogP contribution in [0.4, 0.5) is 18.0 Å². The summed E-state index contributed by atoms with van der Waals surface area (Å²) in [6, 6.07) is 1.99. The molecule has 2 fully saturated rings. The summed E-state index contributed by atoms with van der Waals surface area (Å²) in [7, 11) is 0. The first-order valence-corrected chi connectivity index (χ1v) is 13.2. The monoisotopic (exact) mass is 534 g/mol. The smallest absolute Gasteiger partial charge is 0.318 e. The molecule has 1 aromatic carbocycles. The number of carbonyl (C=O) groups excluding carboxylic acids is 1.